The van der Waals surface area contributed by atoms with Crippen LogP contribution in [0.25, 0.3) is 5.65 Å². The zero-order valence-corrected chi connectivity index (χ0v) is 15.6. The van der Waals surface area contributed by atoms with E-state index in [1.54, 1.807) is 13.4 Å². The van der Waals surface area contributed by atoms with Crippen LogP contribution in [0.1, 0.15) is 30.0 Å². The Bertz CT molecular complexity index is 943. The molecule has 0 N–H and O–H groups in total. The van der Waals surface area contributed by atoms with Crippen molar-refractivity contribution < 1.29 is 4.74 Å². The summed E-state index contributed by atoms with van der Waals surface area (Å²) in [5.74, 6) is 1.58. The van der Waals surface area contributed by atoms with Gasteiger partial charge < -0.3 is 9.64 Å². The summed E-state index contributed by atoms with van der Waals surface area (Å²) in [6, 6.07) is 10.5. The molecule has 5 rings (SSSR count). The number of ether oxygens (including phenoxy) is 1. The second-order valence-corrected chi connectivity index (χ2v) is 7.40. The molecule has 140 valence electrons. The molecule has 2 aliphatic rings. The maximum atomic E-state index is 5.50. The molecule has 0 radical (unpaired) electrons. The first-order valence-corrected chi connectivity index (χ1v) is 9.62. The van der Waals surface area contributed by atoms with Gasteiger partial charge in [-0.15, -0.1) is 10.2 Å². The van der Waals surface area contributed by atoms with Crippen LogP contribution < -0.4 is 9.64 Å². The van der Waals surface area contributed by atoms with Crippen molar-refractivity contribution in [1.29, 1.82) is 0 Å². The van der Waals surface area contributed by atoms with Crippen LogP contribution in [0.15, 0.2) is 36.7 Å². The summed E-state index contributed by atoms with van der Waals surface area (Å²) in [4.78, 5) is 4.91. The molecule has 2 aromatic heterocycles. The first kappa shape index (κ1) is 16.5. The van der Waals surface area contributed by atoms with E-state index in [1.807, 2.05) is 16.6 Å². The highest BCUT2D eigenvalue weighted by molar-refractivity contribution is 5.68. The Morgan fingerprint density at radius 2 is 1.93 bits per heavy atom. The highest BCUT2D eigenvalue weighted by Crippen LogP contribution is 2.40. The summed E-state index contributed by atoms with van der Waals surface area (Å²) in [5, 5.41) is 13.1. The Morgan fingerprint density at radius 3 is 2.70 bits per heavy atom. The van der Waals surface area contributed by atoms with E-state index in [-0.39, 0.29) is 0 Å². The van der Waals surface area contributed by atoms with Crippen molar-refractivity contribution in [3.63, 3.8) is 0 Å². The number of aromatic nitrogens is 4. The maximum absolute atomic E-state index is 5.50. The summed E-state index contributed by atoms with van der Waals surface area (Å²) in [7, 11) is 1.74. The van der Waals surface area contributed by atoms with Crippen LogP contribution in [0.3, 0.4) is 0 Å². The Balaban J connectivity index is 1.32. The van der Waals surface area contributed by atoms with Gasteiger partial charge in [-0.1, -0.05) is 18.2 Å². The minimum absolute atomic E-state index is 0.613. The quantitative estimate of drug-likeness (QED) is 0.693. The van der Waals surface area contributed by atoms with Crippen molar-refractivity contribution in [2.75, 3.05) is 38.2 Å². The van der Waals surface area contributed by atoms with Gasteiger partial charge in [-0.3, -0.25) is 4.90 Å². The second kappa shape index (κ2) is 6.81. The number of para-hydroxylation sites is 1. The molecule has 0 amide bonds. The minimum atomic E-state index is 0.613. The van der Waals surface area contributed by atoms with Crippen LogP contribution in [-0.4, -0.2) is 58.0 Å². The van der Waals surface area contributed by atoms with E-state index in [9.17, 15) is 0 Å². The fourth-order valence-electron chi connectivity index (χ4n) is 3.86. The third kappa shape index (κ3) is 3.23. The molecule has 0 unspecified atom stereocenters. The number of anilines is 1. The monoisotopic (exact) mass is 364 g/mol. The Labute approximate surface area is 158 Å². The molecule has 0 spiro atoms. The van der Waals surface area contributed by atoms with Crippen LogP contribution in [0, 0.1) is 0 Å². The van der Waals surface area contributed by atoms with E-state index in [0.29, 0.717) is 5.92 Å². The number of rotatable bonds is 5. The molecular formula is C20H24N6O. The lowest BCUT2D eigenvalue weighted by Crippen LogP contribution is -2.46. The summed E-state index contributed by atoms with van der Waals surface area (Å²) < 4.78 is 7.33. The standard InChI is InChI=1S/C20H24N6O/c1-27-19-5-3-2-4-16(19)13-24-8-10-25(11-9-24)18-12-17(15-6-7-15)23-26-14-21-22-20(18)26/h2-5,12,14-15H,6-11,13H2,1H3. The normalized spacial score (nSPS) is 18.2. The molecular weight excluding hydrogens is 340 g/mol. The zero-order chi connectivity index (χ0) is 18.2. The van der Waals surface area contributed by atoms with Crippen LogP contribution in [0.4, 0.5) is 5.69 Å². The molecule has 1 saturated heterocycles. The minimum Gasteiger partial charge on any atom is -0.496 e. The lowest BCUT2D eigenvalue weighted by molar-refractivity contribution is 0.246. The smallest absolute Gasteiger partial charge is 0.200 e. The van der Waals surface area contributed by atoms with E-state index in [2.05, 4.69) is 43.3 Å². The molecule has 1 aliphatic heterocycles. The van der Waals surface area contributed by atoms with Gasteiger partial charge >= 0.3 is 0 Å². The van der Waals surface area contributed by atoms with Gasteiger partial charge in [-0.2, -0.15) is 9.61 Å². The van der Waals surface area contributed by atoms with Gasteiger partial charge in [-0.05, 0) is 25.0 Å². The van der Waals surface area contributed by atoms with Gasteiger partial charge in [0.2, 0.25) is 5.65 Å². The van der Waals surface area contributed by atoms with Gasteiger partial charge in [0, 0.05) is 44.2 Å². The Hall–Kier alpha value is -2.67. The average molecular weight is 364 g/mol. The third-order valence-corrected chi connectivity index (χ3v) is 5.56. The number of methoxy groups -OCH3 is 1. The lowest BCUT2D eigenvalue weighted by Gasteiger charge is -2.36. The predicted octanol–water partition coefficient (Wildman–Crippen LogP) is 2.33. The van der Waals surface area contributed by atoms with Crippen LogP contribution in [0.2, 0.25) is 0 Å². The van der Waals surface area contributed by atoms with Gasteiger partial charge in [0.15, 0.2) is 0 Å². The van der Waals surface area contributed by atoms with Crippen molar-refractivity contribution in [2.45, 2.75) is 25.3 Å². The average Bonchev–Trinajstić information content (AvgIpc) is 3.46. The van der Waals surface area contributed by atoms with Crippen molar-refractivity contribution in [2.24, 2.45) is 0 Å². The maximum Gasteiger partial charge on any atom is 0.200 e. The van der Waals surface area contributed by atoms with Crippen molar-refractivity contribution >= 4 is 11.3 Å². The number of piperazine rings is 1. The fourth-order valence-corrected chi connectivity index (χ4v) is 3.86. The SMILES string of the molecule is COc1ccccc1CN1CCN(c2cc(C3CC3)nn3cnnc23)CC1. The highest BCUT2D eigenvalue weighted by Gasteiger charge is 2.28. The molecule has 1 aliphatic carbocycles. The van der Waals surface area contributed by atoms with Crippen LogP contribution >= 0.6 is 0 Å². The van der Waals surface area contributed by atoms with E-state index in [0.717, 1.165) is 44.1 Å². The molecule has 7 heteroatoms. The first-order chi connectivity index (χ1) is 13.3. The molecule has 27 heavy (non-hydrogen) atoms. The molecule has 3 heterocycles. The Kier molecular flexibility index (Phi) is 4.16. The molecule has 7 nitrogen and oxygen atoms in total. The van der Waals surface area contributed by atoms with Gasteiger partial charge in [-0.25, -0.2) is 0 Å². The number of hydrogen-bond acceptors (Lipinski definition) is 6. The Morgan fingerprint density at radius 1 is 1.11 bits per heavy atom. The first-order valence-electron chi connectivity index (χ1n) is 9.62. The van der Waals surface area contributed by atoms with Gasteiger partial charge in [0.1, 0.15) is 12.1 Å². The topological polar surface area (TPSA) is 58.8 Å². The summed E-state index contributed by atoms with van der Waals surface area (Å²) in [6.45, 7) is 4.90. The van der Waals surface area contributed by atoms with Crippen LogP contribution in [-0.2, 0) is 6.54 Å². The van der Waals surface area contributed by atoms with Crippen molar-refractivity contribution in [1.82, 2.24) is 24.7 Å². The molecule has 0 atom stereocenters. The molecule has 1 aromatic carbocycles. The number of hydrogen-bond donors (Lipinski definition) is 0. The summed E-state index contributed by atoms with van der Waals surface area (Å²) in [5.41, 5.74) is 4.45. The van der Waals surface area contributed by atoms with E-state index in [1.165, 1.54) is 29.8 Å². The lowest BCUT2D eigenvalue weighted by atomic mass is 10.1. The second-order valence-electron chi connectivity index (χ2n) is 7.40. The largest absolute Gasteiger partial charge is 0.496 e. The predicted molar refractivity (Wildman–Crippen MR) is 103 cm³/mol. The fraction of sp³-hybridized carbons (Fsp3) is 0.450. The summed E-state index contributed by atoms with van der Waals surface area (Å²) in [6.07, 6.45) is 4.20. The van der Waals surface area contributed by atoms with E-state index in [4.69, 9.17) is 4.74 Å². The highest BCUT2D eigenvalue weighted by atomic mass is 16.5. The van der Waals surface area contributed by atoms with E-state index >= 15 is 0 Å². The van der Waals surface area contributed by atoms with Gasteiger partial charge in [0.05, 0.1) is 18.5 Å². The molecule has 0 bridgehead atoms. The number of benzene rings is 1. The molecule has 3 aromatic rings. The van der Waals surface area contributed by atoms with Crippen LogP contribution in [0.5, 0.6) is 5.75 Å². The zero-order valence-electron chi connectivity index (χ0n) is 15.6. The number of nitrogens with zero attached hydrogens (tertiary/aromatic N) is 6. The van der Waals surface area contributed by atoms with Crippen molar-refractivity contribution in [3.8, 4) is 5.75 Å². The van der Waals surface area contributed by atoms with Crippen molar-refractivity contribution in [3.05, 3.63) is 47.9 Å². The van der Waals surface area contributed by atoms with Gasteiger partial charge in [0.25, 0.3) is 0 Å². The van der Waals surface area contributed by atoms with E-state index < -0.39 is 0 Å². The molecule has 1 saturated carbocycles. The summed E-state index contributed by atoms with van der Waals surface area (Å²) >= 11 is 0. The number of fused-ring (bicyclic) bond motifs is 1. The molecule has 2 fully saturated rings. The third-order valence-electron chi connectivity index (χ3n) is 5.56.